The van der Waals surface area contributed by atoms with Gasteiger partial charge in [-0.25, -0.2) is 4.79 Å². The number of carboxylic acid groups (broad SMARTS) is 1. The fourth-order valence-corrected chi connectivity index (χ4v) is 2.85. The van der Waals surface area contributed by atoms with Crippen LogP contribution in [0.15, 0.2) is 42.7 Å². The molecule has 4 nitrogen and oxygen atoms in total. The molecule has 2 heterocycles. The second kappa shape index (κ2) is 5.11. The van der Waals surface area contributed by atoms with Gasteiger partial charge in [0.1, 0.15) is 5.75 Å². The van der Waals surface area contributed by atoms with Crippen molar-refractivity contribution in [3.05, 3.63) is 52.6 Å². The van der Waals surface area contributed by atoms with Gasteiger partial charge < -0.3 is 9.84 Å². The van der Waals surface area contributed by atoms with Crippen molar-refractivity contribution in [3.63, 3.8) is 0 Å². The van der Waals surface area contributed by atoms with Gasteiger partial charge in [0.25, 0.3) is 0 Å². The predicted molar refractivity (Wildman–Crippen MR) is 78.1 cm³/mol. The first-order chi connectivity index (χ1) is 9.65. The first-order valence-electron chi connectivity index (χ1n) is 5.68. The van der Waals surface area contributed by atoms with Crippen molar-refractivity contribution < 1.29 is 14.6 Å². The number of nitrogens with zero attached hydrogens (tertiary/aromatic N) is 1. The van der Waals surface area contributed by atoms with Gasteiger partial charge in [-0.2, -0.15) is 0 Å². The van der Waals surface area contributed by atoms with Crippen LogP contribution in [-0.4, -0.2) is 16.1 Å². The van der Waals surface area contributed by atoms with Crippen molar-refractivity contribution in [1.29, 1.82) is 0 Å². The molecule has 0 aliphatic heterocycles. The molecular formula is C14H8ClNO3S. The number of benzene rings is 1. The second-order valence-corrected chi connectivity index (χ2v) is 5.48. The van der Waals surface area contributed by atoms with E-state index < -0.39 is 5.97 Å². The molecule has 20 heavy (non-hydrogen) atoms. The SMILES string of the molecule is O=C(O)c1sc2cnccc2c1Oc1ccc(Cl)cc1. The van der Waals surface area contributed by atoms with E-state index in [4.69, 9.17) is 16.3 Å². The average Bonchev–Trinajstić information content (AvgIpc) is 2.81. The van der Waals surface area contributed by atoms with E-state index in [-0.39, 0.29) is 4.88 Å². The quantitative estimate of drug-likeness (QED) is 0.777. The Kier molecular flexibility index (Phi) is 3.30. The molecular weight excluding hydrogens is 298 g/mol. The summed E-state index contributed by atoms with van der Waals surface area (Å²) < 4.78 is 6.49. The highest BCUT2D eigenvalue weighted by atomic mass is 35.5. The largest absolute Gasteiger partial charge is 0.477 e. The van der Waals surface area contributed by atoms with Gasteiger partial charge in [0, 0.05) is 22.8 Å². The van der Waals surface area contributed by atoms with E-state index in [0.717, 1.165) is 21.4 Å². The zero-order valence-electron chi connectivity index (χ0n) is 10.0. The highest BCUT2D eigenvalue weighted by Gasteiger charge is 2.19. The Bertz CT molecular complexity index is 783. The molecule has 3 rings (SSSR count). The average molecular weight is 306 g/mol. The summed E-state index contributed by atoms with van der Waals surface area (Å²) in [6.45, 7) is 0. The number of carboxylic acids is 1. The molecule has 0 saturated heterocycles. The number of fused-ring (bicyclic) bond motifs is 1. The van der Waals surface area contributed by atoms with E-state index in [1.54, 1.807) is 42.7 Å². The number of rotatable bonds is 3. The summed E-state index contributed by atoms with van der Waals surface area (Å²) in [7, 11) is 0. The van der Waals surface area contributed by atoms with E-state index in [2.05, 4.69) is 4.98 Å². The second-order valence-electron chi connectivity index (χ2n) is 3.99. The van der Waals surface area contributed by atoms with E-state index in [9.17, 15) is 9.90 Å². The lowest BCUT2D eigenvalue weighted by Gasteiger charge is -2.05. The van der Waals surface area contributed by atoms with Crippen LogP contribution in [0.4, 0.5) is 0 Å². The molecule has 0 spiro atoms. The normalized spacial score (nSPS) is 10.7. The standard InChI is InChI=1S/C14H8ClNO3S/c15-8-1-3-9(4-2-8)19-12-10-5-6-16-7-11(10)20-13(12)14(17)18/h1-7H,(H,17,18). The lowest BCUT2D eigenvalue weighted by Crippen LogP contribution is -1.95. The molecule has 0 amide bonds. The molecule has 0 atom stereocenters. The maximum absolute atomic E-state index is 11.3. The third-order valence-electron chi connectivity index (χ3n) is 2.68. The third-order valence-corrected chi connectivity index (χ3v) is 4.04. The minimum absolute atomic E-state index is 0.156. The van der Waals surface area contributed by atoms with Gasteiger partial charge in [0.05, 0.1) is 4.70 Å². The number of thiophene rings is 1. The van der Waals surface area contributed by atoms with Crippen molar-refractivity contribution in [3.8, 4) is 11.5 Å². The summed E-state index contributed by atoms with van der Waals surface area (Å²) in [5, 5.41) is 10.6. The number of aromatic carboxylic acids is 1. The molecule has 0 aliphatic rings. The number of carbonyl (C=O) groups is 1. The molecule has 0 fully saturated rings. The van der Waals surface area contributed by atoms with E-state index in [1.165, 1.54) is 0 Å². The van der Waals surface area contributed by atoms with Crippen LogP contribution >= 0.6 is 22.9 Å². The van der Waals surface area contributed by atoms with E-state index in [0.29, 0.717) is 16.5 Å². The number of halogens is 1. The van der Waals surface area contributed by atoms with Gasteiger partial charge in [-0.15, -0.1) is 11.3 Å². The fraction of sp³-hybridized carbons (Fsp3) is 0. The summed E-state index contributed by atoms with van der Waals surface area (Å²) in [6, 6.07) is 8.50. The van der Waals surface area contributed by atoms with E-state index in [1.807, 2.05) is 0 Å². The number of hydrogen-bond acceptors (Lipinski definition) is 4. The number of ether oxygens (including phenoxy) is 1. The van der Waals surface area contributed by atoms with Crippen LogP contribution in [0.3, 0.4) is 0 Å². The number of hydrogen-bond donors (Lipinski definition) is 1. The smallest absolute Gasteiger partial charge is 0.349 e. The van der Waals surface area contributed by atoms with Crippen LogP contribution in [0.25, 0.3) is 10.1 Å². The van der Waals surface area contributed by atoms with Gasteiger partial charge in [-0.1, -0.05) is 11.6 Å². The first kappa shape index (κ1) is 12.9. The maximum atomic E-state index is 11.3. The topological polar surface area (TPSA) is 59.4 Å². The zero-order valence-corrected chi connectivity index (χ0v) is 11.6. The van der Waals surface area contributed by atoms with Gasteiger partial charge >= 0.3 is 5.97 Å². The molecule has 1 aromatic carbocycles. The first-order valence-corrected chi connectivity index (χ1v) is 6.88. The molecule has 0 radical (unpaired) electrons. The highest BCUT2D eigenvalue weighted by Crippen LogP contribution is 2.39. The van der Waals surface area contributed by atoms with Gasteiger partial charge in [-0.3, -0.25) is 4.98 Å². The summed E-state index contributed by atoms with van der Waals surface area (Å²) in [6.07, 6.45) is 3.23. The van der Waals surface area contributed by atoms with Crippen molar-refractivity contribution in [1.82, 2.24) is 4.98 Å². The molecule has 0 unspecified atom stereocenters. The van der Waals surface area contributed by atoms with Crippen LogP contribution in [0.2, 0.25) is 5.02 Å². The highest BCUT2D eigenvalue weighted by molar-refractivity contribution is 7.21. The Balaban J connectivity index is 2.11. The summed E-state index contributed by atoms with van der Waals surface area (Å²) in [4.78, 5) is 15.5. The number of pyridine rings is 1. The zero-order chi connectivity index (χ0) is 14.1. The number of aromatic nitrogens is 1. The summed E-state index contributed by atoms with van der Waals surface area (Å²) in [5.74, 6) is -0.147. The van der Waals surface area contributed by atoms with Crippen LogP contribution in [-0.2, 0) is 0 Å². The van der Waals surface area contributed by atoms with Crippen molar-refractivity contribution in [2.45, 2.75) is 0 Å². The molecule has 2 aromatic heterocycles. The molecule has 1 N–H and O–H groups in total. The molecule has 3 aromatic rings. The molecule has 0 saturated carbocycles. The van der Waals surface area contributed by atoms with Crippen LogP contribution < -0.4 is 4.74 Å². The molecule has 0 aliphatic carbocycles. The lowest BCUT2D eigenvalue weighted by molar-refractivity contribution is 0.0700. The lowest BCUT2D eigenvalue weighted by atomic mass is 10.2. The minimum atomic E-state index is -1.02. The van der Waals surface area contributed by atoms with Gasteiger partial charge in [0.15, 0.2) is 10.6 Å². The Morgan fingerprint density at radius 2 is 2.00 bits per heavy atom. The third kappa shape index (κ3) is 2.33. The minimum Gasteiger partial charge on any atom is -0.477 e. The van der Waals surface area contributed by atoms with Crippen molar-refractivity contribution in [2.24, 2.45) is 0 Å². The van der Waals surface area contributed by atoms with Crippen LogP contribution in [0.1, 0.15) is 9.67 Å². The Labute approximate surface area is 123 Å². The van der Waals surface area contributed by atoms with Crippen LogP contribution in [0.5, 0.6) is 11.5 Å². The molecule has 6 heteroatoms. The van der Waals surface area contributed by atoms with Gasteiger partial charge in [0.2, 0.25) is 0 Å². The van der Waals surface area contributed by atoms with Crippen LogP contribution in [0, 0.1) is 0 Å². The van der Waals surface area contributed by atoms with Crippen molar-refractivity contribution in [2.75, 3.05) is 0 Å². The predicted octanol–water partition coefficient (Wildman–Crippen LogP) is 4.44. The van der Waals surface area contributed by atoms with Gasteiger partial charge in [-0.05, 0) is 30.3 Å². The molecule has 100 valence electrons. The Morgan fingerprint density at radius 1 is 1.25 bits per heavy atom. The Hall–Kier alpha value is -2.11. The monoisotopic (exact) mass is 305 g/mol. The summed E-state index contributed by atoms with van der Waals surface area (Å²) in [5.41, 5.74) is 0. The fourth-order valence-electron chi connectivity index (χ4n) is 1.79. The van der Waals surface area contributed by atoms with Crippen molar-refractivity contribution >= 4 is 39.0 Å². The molecule has 0 bridgehead atoms. The maximum Gasteiger partial charge on any atom is 0.349 e. The van der Waals surface area contributed by atoms with E-state index >= 15 is 0 Å². The summed E-state index contributed by atoms with van der Waals surface area (Å²) >= 11 is 6.96. The Morgan fingerprint density at radius 3 is 2.70 bits per heavy atom.